The standard InChI is InChI=1S/C24H30N2O3/c27-23(26-20-13-7-2-1-3-8-14-20)18-29-22-16-10-9-15-21(22)24(28)25-17-19-11-5-4-6-12-19/h4-6,9-12,15-16,20H,1-3,7-8,13-14,17-18H2,(H,25,28)(H,26,27). The zero-order chi connectivity index (χ0) is 20.3. The lowest BCUT2D eigenvalue weighted by molar-refractivity contribution is -0.123. The summed E-state index contributed by atoms with van der Waals surface area (Å²) in [6.45, 7) is 0.357. The fourth-order valence-corrected chi connectivity index (χ4v) is 3.67. The van der Waals surface area contributed by atoms with Crippen LogP contribution in [0.1, 0.15) is 60.9 Å². The summed E-state index contributed by atoms with van der Waals surface area (Å²) >= 11 is 0. The van der Waals surface area contributed by atoms with Crippen LogP contribution in [0, 0.1) is 0 Å². The molecule has 0 heterocycles. The van der Waals surface area contributed by atoms with E-state index in [1.54, 1.807) is 24.3 Å². The van der Waals surface area contributed by atoms with Crippen molar-refractivity contribution < 1.29 is 14.3 Å². The summed E-state index contributed by atoms with van der Waals surface area (Å²) in [7, 11) is 0. The topological polar surface area (TPSA) is 67.4 Å². The van der Waals surface area contributed by atoms with Crippen LogP contribution in [0.15, 0.2) is 54.6 Å². The van der Waals surface area contributed by atoms with Gasteiger partial charge in [-0.2, -0.15) is 0 Å². The van der Waals surface area contributed by atoms with Crippen LogP contribution in [0.3, 0.4) is 0 Å². The minimum absolute atomic E-state index is 0.0839. The largest absolute Gasteiger partial charge is 0.483 e. The van der Waals surface area contributed by atoms with Crippen molar-refractivity contribution >= 4 is 11.8 Å². The highest BCUT2D eigenvalue weighted by atomic mass is 16.5. The summed E-state index contributed by atoms with van der Waals surface area (Å²) in [4.78, 5) is 24.9. The molecule has 3 rings (SSSR count). The number of carbonyl (C=O) groups excluding carboxylic acids is 2. The van der Waals surface area contributed by atoms with Gasteiger partial charge in [0, 0.05) is 12.6 Å². The van der Waals surface area contributed by atoms with Crippen LogP contribution < -0.4 is 15.4 Å². The first-order valence-electron chi connectivity index (χ1n) is 10.6. The molecule has 2 N–H and O–H groups in total. The molecule has 2 aromatic rings. The van der Waals surface area contributed by atoms with Gasteiger partial charge in [-0.1, -0.05) is 74.6 Å². The maximum absolute atomic E-state index is 12.6. The first kappa shape index (κ1) is 20.9. The highest BCUT2D eigenvalue weighted by Gasteiger charge is 2.16. The molecule has 0 spiro atoms. The van der Waals surface area contributed by atoms with E-state index in [0.717, 1.165) is 31.2 Å². The normalized spacial score (nSPS) is 15.0. The molecule has 2 amide bonds. The number of hydrogen-bond acceptors (Lipinski definition) is 3. The first-order chi connectivity index (χ1) is 14.2. The summed E-state index contributed by atoms with van der Waals surface area (Å²) in [6.07, 6.45) is 8.18. The van der Waals surface area contributed by atoms with Crippen LogP contribution in [0.4, 0.5) is 0 Å². The molecular weight excluding hydrogens is 364 g/mol. The second kappa shape index (κ2) is 11.2. The van der Waals surface area contributed by atoms with Gasteiger partial charge in [0.15, 0.2) is 6.61 Å². The van der Waals surface area contributed by atoms with E-state index in [4.69, 9.17) is 4.74 Å². The van der Waals surface area contributed by atoms with Crippen molar-refractivity contribution in [2.75, 3.05) is 6.61 Å². The van der Waals surface area contributed by atoms with E-state index >= 15 is 0 Å². The molecular formula is C24H30N2O3. The molecule has 154 valence electrons. The molecule has 1 aliphatic carbocycles. The maximum atomic E-state index is 12.6. The second-order valence-corrected chi connectivity index (χ2v) is 7.56. The number of nitrogens with one attached hydrogen (secondary N) is 2. The van der Waals surface area contributed by atoms with Gasteiger partial charge in [0.2, 0.25) is 0 Å². The predicted octanol–water partition coefficient (Wildman–Crippen LogP) is 4.22. The number of para-hydroxylation sites is 1. The molecule has 5 heteroatoms. The Bertz CT molecular complexity index is 784. The van der Waals surface area contributed by atoms with E-state index < -0.39 is 0 Å². The van der Waals surface area contributed by atoms with Crippen molar-refractivity contribution in [1.82, 2.24) is 10.6 Å². The highest BCUT2D eigenvalue weighted by Crippen LogP contribution is 2.19. The van der Waals surface area contributed by atoms with Crippen LogP contribution >= 0.6 is 0 Å². The molecule has 0 aromatic heterocycles. The monoisotopic (exact) mass is 394 g/mol. The lowest BCUT2D eigenvalue weighted by atomic mass is 9.97. The van der Waals surface area contributed by atoms with Crippen molar-refractivity contribution in [3.63, 3.8) is 0 Å². The SMILES string of the molecule is O=C(COc1ccccc1C(=O)NCc1ccccc1)NC1CCCCCCC1. The third-order valence-electron chi connectivity index (χ3n) is 5.26. The van der Waals surface area contributed by atoms with E-state index in [9.17, 15) is 9.59 Å². The van der Waals surface area contributed by atoms with E-state index in [1.807, 2.05) is 30.3 Å². The van der Waals surface area contributed by atoms with E-state index in [-0.39, 0.29) is 24.5 Å². The summed E-state index contributed by atoms with van der Waals surface area (Å²) in [5.74, 6) is 0.0748. The van der Waals surface area contributed by atoms with Crippen molar-refractivity contribution in [3.05, 3.63) is 65.7 Å². The fraction of sp³-hybridized carbons (Fsp3) is 0.417. The smallest absolute Gasteiger partial charge is 0.258 e. The van der Waals surface area contributed by atoms with Gasteiger partial charge in [-0.05, 0) is 30.5 Å². The summed E-state index contributed by atoms with van der Waals surface area (Å²) < 4.78 is 5.70. The third-order valence-corrected chi connectivity index (χ3v) is 5.26. The van der Waals surface area contributed by atoms with E-state index in [1.165, 1.54) is 19.3 Å². The molecule has 29 heavy (non-hydrogen) atoms. The van der Waals surface area contributed by atoms with Crippen LogP contribution in [0.5, 0.6) is 5.75 Å². The zero-order valence-corrected chi connectivity index (χ0v) is 16.9. The molecule has 1 fully saturated rings. The van der Waals surface area contributed by atoms with E-state index in [0.29, 0.717) is 17.9 Å². The predicted molar refractivity (Wildman–Crippen MR) is 114 cm³/mol. The Morgan fingerprint density at radius 2 is 1.52 bits per heavy atom. The first-order valence-corrected chi connectivity index (χ1v) is 10.6. The van der Waals surface area contributed by atoms with Crippen LogP contribution in [-0.2, 0) is 11.3 Å². The Labute approximate surface area is 172 Å². The summed E-state index contributed by atoms with van der Waals surface area (Å²) in [5.41, 5.74) is 1.46. The Kier molecular flexibility index (Phi) is 8.11. The molecule has 1 saturated carbocycles. The van der Waals surface area contributed by atoms with Crippen molar-refractivity contribution in [2.45, 2.75) is 57.5 Å². The average molecular weight is 395 g/mol. The number of benzene rings is 2. The average Bonchev–Trinajstić information content (AvgIpc) is 2.73. The van der Waals surface area contributed by atoms with Gasteiger partial charge < -0.3 is 15.4 Å². The van der Waals surface area contributed by atoms with Crippen molar-refractivity contribution in [1.29, 1.82) is 0 Å². The number of rotatable bonds is 7. The molecule has 5 nitrogen and oxygen atoms in total. The Hall–Kier alpha value is -2.82. The van der Waals surface area contributed by atoms with Gasteiger partial charge in [0.1, 0.15) is 5.75 Å². The van der Waals surface area contributed by atoms with E-state index in [2.05, 4.69) is 10.6 Å². The molecule has 1 aliphatic rings. The molecule has 2 aromatic carbocycles. The number of hydrogen-bond donors (Lipinski definition) is 2. The number of ether oxygens (including phenoxy) is 1. The summed E-state index contributed by atoms with van der Waals surface area (Å²) in [5, 5.41) is 5.99. The summed E-state index contributed by atoms with van der Waals surface area (Å²) in [6, 6.07) is 17.0. The molecule has 0 atom stereocenters. The lowest BCUT2D eigenvalue weighted by Gasteiger charge is -2.21. The molecule has 0 aliphatic heterocycles. The minimum atomic E-state index is -0.218. The van der Waals surface area contributed by atoms with Gasteiger partial charge in [-0.15, -0.1) is 0 Å². The Morgan fingerprint density at radius 1 is 0.862 bits per heavy atom. The molecule has 0 saturated heterocycles. The van der Waals surface area contributed by atoms with Crippen molar-refractivity contribution in [3.8, 4) is 5.75 Å². The lowest BCUT2D eigenvalue weighted by Crippen LogP contribution is -2.38. The van der Waals surface area contributed by atoms with Gasteiger partial charge in [-0.25, -0.2) is 0 Å². The third kappa shape index (κ3) is 6.93. The highest BCUT2D eigenvalue weighted by molar-refractivity contribution is 5.97. The van der Waals surface area contributed by atoms with Gasteiger partial charge >= 0.3 is 0 Å². The van der Waals surface area contributed by atoms with Crippen molar-refractivity contribution in [2.24, 2.45) is 0 Å². The van der Waals surface area contributed by atoms with Crippen LogP contribution in [-0.4, -0.2) is 24.5 Å². The van der Waals surface area contributed by atoms with Crippen LogP contribution in [0.2, 0.25) is 0 Å². The molecule has 0 unspecified atom stereocenters. The molecule has 0 bridgehead atoms. The fourth-order valence-electron chi connectivity index (χ4n) is 3.67. The Morgan fingerprint density at radius 3 is 2.28 bits per heavy atom. The second-order valence-electron chi connectivity index (χ2n) is 7.56. The quantitative estimate of drug-likeness (QED) is 0.739. The zero-order valence-electron chi connectivity index (χ0n) is 16.9. The Balaban J connectivity index is 1.51. The van der Waals surface area contributed by atoms with Gasteiger partial charge in [0.05, 0.1) is 5.56 Å². The van der Waals surface area contributed by atoms with Gasteiger partial charge in [-0.3, -0.25) is 9.59 Å². The van der Waals surface area contributed by atoms with Gasteiger partial charge in [0.25, 0.3) is 11.8 Å². The minimum Gasteiger partial charge on any atom is -0.483 e. The maximum Gasteiger partial charge on any atom is 0.258 e. The molecule has 0 radical (unpaired) electrons. The van der Waals surface area contributed by atoms with Crippen LogP contribution in [0.25, 0.3) is 0 Å². The number of amides is 2. The number of carbonyl (C=O) groups is 2.